The molecule has 0 unspecified atom stereocenters. The number of carbonyl (C=O) groups is 1. The van der Waals surface area contributed by atoms with Crippen LogP contribution >= 0.6 is 0 Å². The quantitative estimate of drug-likeness (QED) is 0.602. The number of Topliss-reactive ketones (excluding diaryl/α,β-unsaturated/α-hetero) is 1. The standard InChI is InChI=1S/C8H7N3O/c9-8-2-1-6-7(11-8)3-5(12)4-10-6/h1-2,4H,3H2,(H2,9,11). The van der Waals surface area contributed by atoms with E-state index in [-0.39, 0.29) is 5.78 Å². The van der Waals surface area contributed by atoms with Gasteiger partial charge < -0.3 is 5.73 Å². The van der Waals surface area contributed by atoms with Gasteiger partial charge in [0.2, 0.25) is 0 Å². The summed E-state index contributed by atoms with van der Waals surface area (Å²) >= 11 is 0. The van der Waals surface area contributed by atoms with Gasteiger partial charge in [0.25, 0.3) is 0 Å². The number of hydrogen-bond acceptors (Lipinski definition) is 4. The molecular weight excluding hydrogens is 154 g/mol. The third-order valence-electron chi connectivity index (χ3n) is 1.66. The molecular formula is C8H7N3O. The average molecular weight is 161 g/mol. The van der Waals surface area contributed by atoms with Gasteiger partial charge in [0, 0.05) is 0 Å². The summed E-state index contributed by atoms with van der Waals surface area (Å²) in [6, 6.07) is 3.44. The molecule has 1 aliphatic rings. The van der Waals surface area contributed by atoms with Crippen molar-refractivity contribution >= 4 is 23.5 Å². The molecule has 0 saturated heterocycles. The normalized spacial score (nSPS) is 14.5. The molecule has 4 nitrogen and oxygen atoms in total. The van der Waals surface area contributed by atoms with E-state index in [1.165, 1.54) is 6.21 Å². The average Bonchev–Trinajstić information content (AvgIpc) is 2.03. The summed E-state index contributed by atoms with van der Waals surface area (Å²) in [4.78, 5) is 18.8. The molecule has 1 aromatic rings. The van der Waals surface area contributed by atoms with Crippen molar-refractivity contribution in [1.29, 1.82) is 0 Å². The molecule has 0 bridgehead atoms. The van der Waals surface area contributed by atoms with Crippen molar-refractivity contribution in [2.24, 2.45) is 4.99 Å². The largest absolute Gasteiger partial charge is 0.384 e. The summed E-state index contributed by atoms with van der Waals surface area (Å²) in [5, 5.41) is 0. The number of ketones is 1. The van der Waals surface area contributed by atoms with E-state index in [4.69, 9.17) is 5.73 Å². The lowest BCUT2D eigenvalue weighted by molar-refractivity contribution is -0.112. The molecule has 2 N–H and O–H groups in total. The molecule has 0 spiro atoms. The molecule has 4 heteroatoms. The maximum absolute atomic E-state index is 10.9. The van der Waals surface area contributed by atoms with E-state index < -0.39 is 0 Å². The molecule has 0 fully saturated rings. The summed E-state index contributed by atoms with van der Waals surface area (Å²) in [7, 11) is 0. The minimum absolute atomic E-state index is 0.0272. The Morgan fingerprint density at radius 3 is 3.08 bits per heavy atom. The number of aromatic nitrogens is 1. The number of rotatable bonds is 0. The fraction of sp³-hybridized carbons (Fsp3) is 0.125. The predicted octanol–water partition coefficient (Wildman–Crippen LogP) is 0.491. The highest BCUT2D eigenvalue weighted by Gasteiger charge is 2.12. The monoisotopic (exact) mass is 161 g/mol. The number of nitrogens with zero attached hydrogens (tertiary/aromatic N) is 2. The summed E-state index contributed by atoms with van der Waals surface area (Å²) < 4.78 is 0. The van der Waals surface area contributed by atoms with Gasteiger partial charge in [-0.1, -0.05) is 0 Å². The van der Waals surface area contributed by atoms with Crippen LogP contribution in [0.5, 0.6) is 0 Å². The third kappa shape index (κ3) is 1.07. The number of carbonyl (C=O) groups excluding carboxylic acids is 1. The summed E-state index contributed by atoms with van der Waals surface area (Å²) in [6.07, 6.45) is 1.63. The maximum atomic E-state index is 10.9. The van der Waals surface area contributed by atoms with Crippen LogP contribution in [0.4, 0.5) is 11.5 Å². The zero-order valence-electron chi connectivity index (χ0n) is 6.32. The fourth-order valence-electron chi connectivity index (χ4n) is 1.11. The molecule has 12 heavy (non-hydrogen) atoms. The Labute approximate surface area is 69.1 Å². The number of anilines is 1. The molecule has 0 saturated carbocycles. The molecule has 0 radical (unpaired) electrons. The van der Waals surface area contributed by atoms with Gasteiger partial charge in [-0.2, -0.15) is 0 Å². The second-order valence-electron chi connectivity index (χ2n) is 2.60. The Balaban J connectivity index is 2.54. The molecule has 0 amide bonds. The summed E-state index contributed by atoms with van der Waals surface area (Å²) in [5.41, 5.74) is 6.86. The Hall–Kier alpha value is -1.71. The smallest absolute Gasteiger partial charge is 0.179 e. The van der Waals surface area contributed by atoms with Gasteiger partial charge in [0.1, 0.15) is 5.82 Å². The van der Waals surface area contributed by atoms with Gasteiger partial charge in [-0.3, -0.25) is 9.79 Å². The first kappa shape index (κ1) is 6.97. The van der Waals surface area contributed by atoms with Crippen LogP contribution < -0.4 is 5.73 Å². The van der Waals surface area contributed by atoms with Gasteiger partial charge in [-0.05, 0) is 12.1 Å². The Morgan fingerprint density at radius 2 is 2.25 bits per heavy atom. The van der Waals surface area contributed by atoms with Crippen molar-refractivity contribution < 1.29 is 4.79 Å². The van der Waals surface area contributed by atoms with Crippen LogP contribution in [0, 0.1) is 0 Å². The van der Waals surface area contributed by atoms with E-state index in [1.54, 1.807) is 12.1 Å². The van der Waals surface area contributed by atoms with Crippen LogP contribution in [-0.2, 0) is 11.2 Å². The van der Waals surface area contributed by atoms with Crippen LogP contribution in [0.25, 0.3) is 0 Å². The van der Waals surface area contributed by atoms with Crippen LogP contribution in [0.1, 0.15) is 5.69 Å². The highest BCUT2D eigenvalue weighted by molar-refractivity contribution is 6.29. The van der Waals surface area contributed by atoms with E-state index in [2.05, 4.69) is 9.98 Å². The lowest BCUT2D eigenvalue weighted by atomic mass is 10.1. The zero-order valence-corrected chi connectivity index (χ0v) is 6.32. The second-order valence-corrected chi connectivity index (χ2v) is 2.60. The zero-order chi connectivity index (χ0) is 8.55. The second kappa shape index (κ2) is 2.41. The van der Waals surface area contributed by atoms with E-state index in [1.807, 2.05) is 0 Å². The van der Waals surface area contributed by atoms with Gasteiger partial charge in [-0.15, -0.1) is 0 Å². The fourth-order valence-corrected chi connectivity index (χ4v) is 1.11. The first-order valence-electron chi connectivity index (χ1n) is 3.58. The predicted molar refractivity (Wildman–Crippen MR) is 45.5 cm³/mol. The molecule has 1 aromatic heterocycles. The van der Waals surface area contributed by atoms with Crippen molar-refractivity contribution in [3.8, 4) is 0 Å². The number of aliphatic imine (C=N–C) groups is 1. The first-order valence-corrected chi connectivity index (χ1v) is 3.58. The van der Waals surface area contributed by atoms with E-state index in [0.717, 1.165) is 5.69 Å². The van der Waals surface area contributed by atoms with E-state index in [9.17, 15) is 4.79 Å². The minimum Gasteiger partial charge on any atom is -0.384 e. The van der Waals surface area contributed by atoms with Crippen LogP contribution in [0.2, 0.25) is 0 Å². The lowest BCUT2D eigenvalue weighted by Crippen LogP contribution is -2.10. The molecule has 0 aromatic carbocycles. The van der Waals surface area contributed by atoms with Crippen LogP contribution in [0.15, 0.2) is 17.1 Å². The first-order chi connectivity index (χ1) is 5.75. The SMILES string of the molecule is Nc1ccc2c(n1)CC(=O)C=N2. The summed E-state index contributed by atoms with van der Waals surface area (Å²) in [6.45, 7) is 0. The third-order valence-corrected chi connectivity index (χ3v) is 1.66. The highest BCUT2D eigenvalue weighted by Crippen LogP contribution is 2.21. The van der Waals surface area contributed by atoms with Crippen molar-refractivity contribution in [2.45, 2.75) is 6.42 Å². The number of fused-ring (bicyclic) bond motifs is 1. The Morgan fingerprint density at radius 1 is 1.42 bits per heavy atom. The number of hydrogen-bond donors (Lipinski definition) is 1. The van der Waals surface area contributed by atoms with Crippen molar-refractivity contribution in [3.05, 3.63) is 17.8 Å². The van der Waals surface area contributed by atoms with Gasteiger partial charge in [-0.25, -0.2) is 4.98 Å². The van der Waals surface area contributed by atoms with Crippen LogP contribution in [-0.4, -0.2) is 17.0 Å². The van der Waals surface area contributed by atoms with Gasteiger partial charge in [0.05, 0.1) is 24.0 Å². The Bertz CT molecular complexity index is 371. The van der Waals surface area contributed by atoms with E-state index >= 15 is 0 Å². The lowest BCUT2D eigenvalue weighted by Gasteiger charge is -2.07. The number of nitrogens with two attached hydrogens (primary N) is 1. The van der Waals surface area contributed by atoms with Crippen LogP contribution in [0.3, 0.4) is 0 Å². The molecule has 0 atom stereocenters. The number of pyridine rings is 1. The number of nitrogen functional groups attached to an aromatic ring is 1. The molecule has 0 aliphatic carbocycles. The van der Waals surface area contributed by atoms with Crippen molar-refractivity contribution in [3.63, 3.8) is 0 Å². The van der Waals surface area contributed by atoms with Gasteiger partial charge >= 0.3 is 0 Å². The minimum atomic E-state index is -0.0272. The van der Waals surface area contributed by atoms with Crippen molar-refractivity contribution in [2.75, 3.05) is 5.73 Å². The maximum Gasteiger partial charge on any atom is 0.179 e. The topological polar surface area (TPSA) is 68.3 Å². The molecule has 60 valence electrons. The molecule has 2 rings (SSSR count). The van der Waals surface area contributed by atoms with Gasteiger partial charge in [0.15, 0.2) is 5.78 Å². The summed E-state index contributed by atoms with van der Waals surface area (Å²) in [5.74, 6) is 0.402. The van der Waals surface area contributed by atoms with Crippen molar-refractivity contribution in [1.82, 2.24) is 4.98 Å². The molecule has 1 aliphatic heterocycles. The Kier molecular flexibility index (Phi) is 1.40. The van der Waals surface area contributed by atoms with E-state index in [0.29, 0.717) is 17.9 Å². The highest BCUT2D eigenvalue weighted by atomic mass is 16.1. The molecule has 2 heterocycles.